The smallest absolute Gasteiger partial charge is 0.255 e. The number of anilines is 1. The first-order chi connectivity index (χ1) is 14.1. The van der Waals surface area contributed by atoms with E-state index in [0.29, 0.717) is 41.4 Å². The van der Waals surface area contributed by atoms with E-state index in [-0.39, 0.29) is 17.9 Å². The second-order valence-corrected chi connectivity index (χ2v) is 6.93. The van der Waals surface area contributed by atoms with Crippen molar-refractivity contribution in [1.29, 1.82) is 0 Å². The zero-order chi connectivity index (χ0) is 20.6. The topological polar surface area (TPSA) is 103 Å². The van der Waals surface area contributed by atoms with Crippen LogP contribution in [0.3, 0.4) is 0 Å². The largest absolute Gasteiger partial charge is 0.493 e. The molecule has 1 fully saturated rings. The van der Waals surface area contributed by atoms with Crippen molar-refractivity contribution in [2.45, 2.75) is 31.8 Å². The number of para-hydroxylation sites is 1. The molecule has 0 saturated heterocycles. The van der Waals surface area contributed by atoms with Crippen LogP contribution < -0.4 is 25.8 Å². The Morgan fingerprint density at radius 3 is 2.55 bits per heavy atom. The summed E-state index contributed by atoms with van der Waals surface area (Å²) in [6.07, 6.45) is 4.61. The van der Waals surface area contributed by atoms with Crippen LogP contribution in [-0.2, 0) is 0 Å². The number of ether oxygens (including phenoxy) is 2. The van der Waals surface area contributed by atoms with E-state index in [9.17, 15) is 9.59 Å². The Bertz CT molecular complexity index is 863. The van der Waals surface area contributed by atoms with Crippen LogP contribution >= 0.6 is 0 Å². The van der Waals surface area contributed by atoms with Crippen LogP contribution in [0.5, 0.6) is 11.5 Å². The first-order valence-electron chi connectivity index (χ1n) is 9.85. The van der Waals surface area contributed by atoms with Crippen molar-refractivity contribution in [2.75, 3.05) is 25.5 Å². The number of methoxy groups -OCH3 is 1. The summed E-state index contributed by atoms with van der Waals surface area (Å²) in [6, 6.07) is 11.9. The maximum Gasteiger partial charge on any atom is 0.255 e. The quantitative estimate of drug-likeness (QED) is 0.636. The number of carbonyl (C=O) groups is 2. The number of rotatable bonds is 8. The fourth-order valence-corrected chi connectivity index (χ4v) is 3.36. The molecule has 0 heterocycles. The lowest BCUT2D eigenvalue weighted by Crippen LogP contribution is -2.30. The minimum absolute atomic E-state index is 0.197. The summed E-state index contributed by atoms with van der Waals surface area (Å²) >= 11 is 0. The molecule has 0 aromatic heterocycles. The van der Waals surface area contributed by atoms with Gasteiger partial charge in [-0.05, 0) is 56.0 Å². The lowest BCUT2D eigenvalue weighted by atomic mass is 10.1. The third-order valence-electron chi connectivity index (χ3n) is 4.87. The van der Waals surface area contributed by atoms with E-state index in [4.69, 9.17) is 15.2 Å². The van der Waals surface area contributed by atoms with Crippen molar-refractivity contribution < 1.29 is 19.1 Å². The molecule has 0 atom stereocenters. The molecule has 29 heavy (non-hydrogen) atoms. The van der Waals surface area contributed by atoms with Gasteiger partial charge in [0.1, 0.15) is 0 Å². The van der Waals surface area contributed by atoms with Crippen LogP contribution in [0.25, 0.3) is 0 Å². The summed E-state index contributed by atoms with van der Waals surface area (Å²) in [5.41, 5.74) is 6.65. The van der Waals surface area contributed by atoms with Crippen LogP contribution in [-0.4, -0.2) is 38.1 Å². The molecule has 0 bridgehead atoms. The molecule has 0 unspecified atom stereocenters. The molecule has 2 aromatic carbocycles. The number of benzene rings is 2. The van der Waals surface area contributed by atoms with Crippen molar-refractivity contribution in [2.24, 2.45) is 5.73 Å². The van der Waals surface area contributed by atoms with Crippen LogP contribution in [0.1, 0.15) is 46.4 Å². The Morgan fingerprint density at radius 2 is 1.83 bits per heavy atom. The molecule has 0 spiro atoms. The molecule has 1 aliphatic rings. The SMILES string of the molecule is COc1cc(C(=O)Nc2ccccc2C(=O)NCCN)ccc1OC1CCCC1. The molecule has 1 aliphatic carbocycles. The van der Waals surface area contributed by atoms with E-state index in [2.05, 4.69) is 10.6 Å². The second-order valence-electron chi connectivity index (χ2n) is 6.93. The van der Waals surface area contributed by atoms with Gasteiger partial charge in [-0.15, -0.1) is 0 Å². The molecule has 2 aromatic rings. The number of hydrogen-bond acceptors (Lipinski definition) is 5. The summed E-state index contributed by atoms with van der Waals surface area (Å²) in [6.45, 7) is 0.704. The summed E-state index contributed by atoms with van der Waals surface area (Å²) < 4.78 is 11.4. The van der Waals surface area contributed by atoms with Gasteiger partial charge in [0.15, 0.2) is 11.5 Å². The van der Waals surface area contributed by atoms with Gasteiger partial charge in [-0.2, -0.15) is 0 Å². The molecular formula is C22H27N3O4. The predicted molar refractivity (Wildman–Crippen MR) is 112 cm³/mol. The molecule has 2 amide bonds. The molecule has 1 saturated carbocycles. The number of nitrogens with two attached hydrogens (primary N) is 1. The third kappa shape index (κ3) is 5.26. The average Bonchev–Trinajstić information content (AvgIpc) is 3.25. The van der Waals surface area contributed by atoms with Crippen LogP contribution in [0.2, 0.25) is 0 Å². The lowest BCUT2D eigenvalue weighted by molar-refractivity contribution is 0.0955. The summed E-state index contributed by atoms with van der Waals surface area (Å²) in [5, 5.41) is 5.51. The molecule has 3 rings (SSSR count). The van der Waals surface area contributed by atoms with Gasteiger partial charge in [-0.25, -0.2) is 0 Å². The highest BCUT2D eigenvalue weighted by atomic mass is 16.5. The van der Waals surface area contributed by atoms with E-state index < -0.39 is 0 Å². The maximum absolute atomic E-state index is 12.8. The van der Waals surface area contributed by atoms with Crippen LogP contribution in [0.15, 0.2) is 42.5 Å². The molecule has 7 nitrogen and oxygen atoms in total. The number of amides is 2. The number of hydrogen-bond donors (Lipinski definition) is 3. The Labute approximate surface area is 170 Å². The van der Waals surface area contributed by atoms with Gasteiger partial charge in [0, 0.05) is 18.7 Å². The number of nitrogens with one attached hydrogen (secondary N) is 2. The van der Waals surface area contributed by atoms with Crippen LogP contribution in [0.4, 0.5) is 5.69 Å². The van der Waals surface area contributed by atoms with Crippen molar-refractivity contribution >= 4 is 17.5 Å². The van der Waals surface area contributed by atoms with Gasteiger partial charge < -0.3 is 25.8 Å². The second kappa shape index (κ2) is 9.93. The third-order valence-corrected chi connectivity index (χ3v) is 4.87. The van der Waals surface area contributed by atoms with Gasteiger partial charge >= 0.3 is 0 Å². The van der Waals surface area contributed by atoms with Gasteiger partial charge in [-0.1, -0.05) is 12.1 Å². The normalized spacial score (nSPS) is 13.7. The van der Waals surface area contributed by atoms with Gasteiger partial charge in [0.05, 0.1) is 24.5 Å². The van der Waals surface area contributed by atoms with Gasteiger partial charge in [0.25, 0.3) is 11.8 Å². The Hall–Kier alpha value is -3.06. The molecule has 0 aliphatic heterocycles. The van der Waals surface area contributed by atoms with E-state index in [1.54, 1.807) is 49.6 Å². The van der Waals surface area contributed by atoms with Gasteiger partial charge in [0.2, 0.25) is 0 Å². The Balaban J connectivity index is 1.75. The highest BCUT2D eigenvalue weighted by molar-refractivity contribution is 6.09. The van der Waals surface area contributed by atoms with Gasteiger partial charge in [-0.3, -0.25) is 9.59 Å². The molecule has 4 N–H and O–H groups in total. The monoisotopic (exact) mass is 397 g/mol. The highest BCUT2D eigenvalue weighted by Gasteiger charge is 2.20. The lowest BCUT2D eigenvalue weighted by Gasteiger charge is -2.17. The Morgan fingerprint density at radius 1 is 1.07 bits per heavy atom. The van der Waals surface area contributed by atoms with Crippen molar-refractivity contribution in [3.63, 3.8) is 0 Å². The number of carbonyl (C=O) groups excluding carboxylic acids is 2. The Kier molecular flexibility index (Phi) is 7.08. The van der Waals surface area contributed by atoms with Crippen LogP contribution in [0, 0.1) is 0 Å². The summed E-state index contributed by atoms with van der Waals surface area (Å²) in [4.78, 5) is 25.1. The maximum atomic E-state index is 12.8. The van der Waals surface area contributed by atoms with E-state index in [0.717, 1.165) is 12.8 Å². The zero-order valence-electron chi connectivity index (χ0n) is 16.6. The summed E-state index contributed by atoms with van der Waals surface area (Å²) in [5.74, 6) is 0.523. The van der Waals surface area contributed by atoms with Crippen molar-refractivity contribution in [1.82, 2.24) is 5.32 Å². The molecule has 0 radical (unpaired) electrons. The van der Waals surface area contributed by atoms with E-state index in [1.165, 1.54) is 12.8 Å². The van der Waals surface area contributed by atoms with E-state index in [1.807, 2.05) is 0 Å². The zero-order valence-corrected chi connectivity index (χ0v) is 16.6. The predicted octanol–water partition coefficient (Wildman–Crippen LogP) is 2.96. The fraction of sp³-hybridized carbons (Fsp3) is 0.364. The fourth-order valence-electron chi connectivity index (χ4n) is 3.36. The van der Waals surface area contributed by atoms with Crippen molar-refractivity contribution in [3.8, 4) is 11.5 Å². The first kappa shape index (κ1) is 20.7. The van der Waals surface area contributed by atoms with E-state index >= 15 is 0 Å². The summed E-state index contributed by atoms with van der Waals surface area (Å²) in [7, 11) is 1.55. The first-order valence-corrected chi connectivity index (χ1v) is 9.85. The highest BCUT2D eigenvalue weighted by Crippen LogP contribution is 2.32. The minimum Gasteiger partial charge on any atom is -0.493 e. The standard InChI is InChI=1S/C22H27N3O4/c1-28-20-14-15(10-11-19(20)29-16-6-2-3-7-16)21(26)25-18-9-5-4-8-17(18)22(27)24-13-12-23/h4-5,8-11,14,16H,2-3,6-7,12-13,23H2,1H3,(H,24,27)(H,25,26). The molecular weight excluding hydrogens is 370 g/mol. The molecule has 154 valence electrons. The van der Waals surface area contributed by atoms with Crippen molar-refractivity contribution in [3.05, 3.63) is 53.6 Å². The molecule has 7 heteroatoms. The minimum atomic E-state index is -0.338. The average molecular weight is 397 g/mol.